The topological polar surface area (TPSA) is 64.1 Å². The molecule has 0 bridgehead atoms. The van der Waals surface area contributed by atoms with E-state index in [1.54, 1.807) is 4.90 Å². The lowest BCUT2D eigenvalue weighted by Gasteiger charge is -2.38. The minimum atomic E-state index is -0.914. The van der Waals surface area contributed by atoms with E-state index in [-0.39, 0.29) is 6.03 Å². The molecular formula is C15H19N3O3. The highest BCUT2D eigenvalue weighted by Crippen LogP contribution is 2.33. The number of likely N-dealkylation sites (tertiary alicyclic amines) is 1. The summed E-state index contributed by atoms with van der Waals surface area (Å²) in [5.41, 5.74) is 1.86. The van der Waals surface area contributed by atoms with E-state index in [9.17, 15) is 14.7 Å². The summed E-state index contributed by atoms with van der Waals surface area (Å²) >= 11 is 0. The smallest absolute Gasteiger partial charge is 0.326 e. The van der Waals surface area contributed by atoms with Crippen molar-refractivity contribution in [3.05, 3.63) is 24.3 Å². The summed E-state index contributed by atoms with van der Waals surface area (Å²) in [6.07, 6.45) is 1.29. The third kappa shape index (κ3) is 2.30. The van der Waals surface area contributed by atoms with Gasteiger partial charge in [0.05, 0.1) is 11.4 Å². The van der Waals surface area contributed by atoms with Crippen LogP contribution in [0.4, 0.5) is 16.2 Å². The molecule has 1 fully saturated rings. The summed E-state index contributed by atoms with van der Waals surface area (Å²) in [6.45, 7) is 1.84. The zero-order chi connectivity index (χ0) is 15.0. The van der Waals surface area contributed by atoms with Crippen LogP contribution in [0.5, 0.6) is 0 Å². The summed E-state index contributed by atoms with van der Waals surface area (Å²) in [5.74, 6) is -0.914. The monoisotopic (exact) mass is 289 g/mol. The van der Waals surface area contributed by atoms with Crippen LogP contribution >= 0.6 is 0 Å². The second-order valence-corrected chi connectivity index (χ2v) is 5.53. The number of benzene rings is 1. The summed E-state index contributed by atoms with van der Waals surface area (Å²) in [7, 11) is 2.00. The van der Waals surface area contributed by atoms with Crippen LogP contribution in [0.1, 0.15) is 12.8 Å². The Morgan fingerprint density at radius 3 is 2.57 bits per heavy atom. The van der Waals surface area contributed by atoms with Crippen molar-refractivity contribution in [2.45, 2.75) is 18.9 Å². The lowest BCUT2D eigenvalue weighted by atomic mass is 10.2. The Morgan fingerprint density at radius 2 is 1.86 bits per heavy atom. The number of hydrogen-bond donors (Lipinski definition) is 1. The fourth-order valence-corrected chi connectivity index (χ4v) is 3.11. The van der Waals surface area contributed by atoms with Gasteiger partial charge in [-0.05, 0) is 25.0 Å². The maximum atomic E-state index is 12.8. The van der Waals surface area contributed by atoms with Gasteiger partial charge >= 0.3 is 12.0 Å². The van der Waals surface area contributed by atoms with Crippen molar-refractivity contribution in [2.24, 2.45) is 0 Å². The van der Waals surface area contributed by atoms with E-state index < -0.39 is 12.0 Å². The lowest BCUT2D eigenvalue weighted by Crippen LogP contribution is -2.51. The van der Waals surface area contributed by atoms with Crippen molar-refractivity contribution >= 4 is 23.4 Å². The number of carbonyl (C=O) groups is 2. The summed E-state index contributed by atoms with van der Waals surface area (Å²) in [6, 6.07) is 6.85. The molecule has 6 heteroatoms. The lowest BCUT2D eigenvalue weighted by molar-refractivity contribution is -0.141. The van der Waals surface area contributed by atoms with Crippen molar-refractivity contribution in [3.8, 4) is 0 Å². The third-order valence-corrected chi connectivity index (χ3v) is 4.26. The van der Waals surface area contributed by atoms with Crippen LogP contribution < -0.4 is 9.80 Å². The van der Waals surface area contributed by atoms with Gasteiger partial charge in [0.15, 0.2) is 0 Å². The van der Waals surface area contributed by atoms with Gasteiger partial charge in [0, 0.05) is 26.7 Å². The number of anilines is 2. The molecule has 6 nitrogen and oxygen atoms in total. The molecule has 0 aromatic heterocycles. The first kappa shape index (κ1) is 13.7. The molecule has 2 amide bonds. The van der Waals surface area contributed by atoms with Gasteiger partial charge < -0.3 is 14.9 Å². The van der Waals surface area contributed by atoms with E-state index in [0.29, 0.717) is 19.5 Å². The van der Waals surface area contributed by atoms with E-state index in [2.05, 4.69) is 4.90 Å². The summed E-state index contributed by atoms with van der Waals surface area (Å²) < 4.78 is 0. The number of nitrogens with zero attached hydrogens (tertiary/aromatic N) is 3. The van der Waals surface area contributed by atoms with Crippen molar-refractivity contribution in [1.82, 2.24) is 4.90 Å². The molecule has 0 aliphatic carbocycles. The molecule has 21 heavy (non-hydrogen) atoms. The van der Waals surface area contributed by atoms with Crippen molar-refractivity contribution in [1.29, 1.82) is 0 Å². The van der Waals surface area contributed by atoms with Gasteiger partial charge in [-0.25, -0.2) is 9.59 Å². The summed E-state index contributed by atoms with van der Waals surface area (Å²) in [4.78, 5) is 29.3. The van der Waals surface area contributed by atoms with Gasteiger partial charge in [0.2, 0.25) is 0 Å². The Morgan fingerprint density at radius 1 is 1.14 bits per heavy atom. The van der Waals surface area contributed by atoms with Crippen LogP contribution in [0.3, 0.4) is 0 Å². The largest absolute Gasteiger partial charge is 0.480 e. The number of fused-ring (bicyclic) bond motifs is 1. The van der Waals surface area contributed by atoms with Gasteiger partial charge in [0.1, 0.15) is 6.04 Å². The molecule has 2 heterocycles. The number of para-hydroxylation sites is 2. The van der Waals surface area contributed by atoms with E-state index in [1.807, 2.05) is 31.3 Å². The van der Waals surface area contributed by atoms with Crippen LogP contribution in [-0.2, 0) is 4.79 Å². The van der Waals surface area contributed by atoms with Crippen molar-refractivity contribution in [2.75, 3.05) is 36.5 Å². The number of hydrogen-bond acceptors (Lipinski definition) is 3. The minimum absolute atomic E-state index is 0.194. The Bertz CT molecular complexity index is 575. The number of carboxylic acid groups (broad SMARTS) is 1. The highest BCUT2D eigenvalue weighted by molar-refractivity contribution is 5.98. The van der Waals surface area contributed by atoms with Gasteiger partial charge in [-0.2, -0.15) is 0 Å². The molecule has 1 atom stereocenters. The molecule has 0 spiro atoms. The minimum Gasteiger partial charge on any atom is -0.480 e. The predicted octanol–water partition coefficient (Wildman–Crippen LogP) is 1.61. The van der Waals surface area contributed by atoms with E-state index in [4.69, 9.17) is 0 Å². The predicted molar refractivity (Wildman–Crippen MR) is 79.8 cm³/mol. The molecule has 3 rings (SSSR count). The number of aliphatic carboxylic acids is 1. The van der Waals surface area contributed by atoms with Gasteiger partial charge in [0.25, 0.3) is 0 Å². The maximum Gasteiger partial charge on any atom is 0.326 e. The number of urea groups is 1. The van der Waals surface area contributed by atoms with E-state index in [1.165, 1.54) is 4.90 Å². The molecule has 1 aromatic rings. The summed E-state index contributed by atoms with van der Waals surface area (Å²) in [5, 5.41) is 9.25. The molecule has 112 valence electrons. The molecule has 2 aliphatic rings. The first-order valence-electron chi connectivity index (χ1n) is 7.20. The number of carboxylic acids is 1. The molecule has 2 aliphatic heterocycles. The van der Waals surface area contributed by atoms with Gasteiger partial charge in [-0.1, -0.05) is 12.1 Å². The van der Waals surface area contributed by atoms with Crippen LogP contribution in [-0.4, -0.2) is 54.7 Å². The molecule has 1 saturated heterocycles. The fraction of sp³-hybridized carbons (Fsp3) is 0.467. The standard InChI is InChI=1S/C15H19N3O3/c1-16-9-10-18(12-6-3-2-5-11(12)16)15(21)17-8-4-7-13(17)14(19)20/h2-3,5-6,13H,4,7-10H2,1H3,(H,19,20)/t13-/m0/s1. The number of rotatable bonds is 1. The van der Waals surface area contributed by atoms with Crippen molar-refractivity contribution < 1.29 is 14.7 Å². The molecule has 0 saturated carbocycles. The average Bonchev–Trinajstić information content (AvgIpc) is 2.97. The van der Waals surface area contributed by atoms with Gasteiger partial charge in [-0.3, -0.25) is 4.90 Å². The van der Waals surface area contributed by atoms with Crippen LogP contribution in [0, 0.1) is 0 Å². The quantitative estimate of drug-likeness (QED) is 0.853. The van der Waals surface area contributed by atoms with Gasteiger partial charge in [-0.15, -0.1) is 0 Å². The van der Waals surface area contributed by atoms with E-state index >= 15 is 0 Å². The Kier molecular flexibility index (Phi) is 3.45. The second-order valence-electron chi connectivity index (χ2n) is 5.53. The number of amides is 2. The second kappa shape index (κ2) is 5.27. The van der Waals surface area contributed by atoms with Crippen LogP contribution in [0.15, 0.2) is 24.3 Å². The molecule has 0 radical (unpaired) electrons. The molecule has 1 aromatic carbocycles. The van der Waals surface area contributed by atoms with Crippen molar-refractivity contribution in [3.63, 3.8) is 0 Å². The first-order chi connectivity index (χ1) is 10.1. The van der Waals surface area contributed by atoms with E-state index in [0.717, 1.165) is 24.3 Å². The maximum absolute atomic E-state index is 12.8. The molecular weight excluding hydrogens is 270 g/mol. The zero-order valence-electron chi connectivity index (χ0n) is 12.0. The normalized spacial score (nSPS) is 21.4. The fourth-order valence-electron chi connectivity index (χ4n) is 3.11. The Labute approximate surface area is 123 Å². The highest BCUT2D eigenvalue weighted by atomic mass is 16.4. The average molecular weight is 289 g/mol. The third-order valence-electron chi connectivity index (χ3n) is 4.26. The molecule has 1 N–H and O–H groups in total. The highest BCUT2D eigenvalue weighted by Gasteiger charge is 2.38. The number of likely N-dealkylation sites (N-methyl/N-ethyl adjacent to an activating group) is 1. The first-order valence-corrected chi connectivity index (χ1v) is 7.20. The van der Waals surface area contributed by atoms with Crippen LogP contribution in [0.2, 0.25) is 0 Å². The Hall–Kier alpha value is -2.24. The van der Waals surface area contributed by atoms with Crippen LogP contribution in [0.25, 0.3) is 0 Å². The SMILES string of the molecule is CN1CCN(C(=O)N2CCC[C@H]2C(=O)O)c2ccccc21. The zero-order valence-corrected chi connectivity index (χ0v) is 12.0. The number of carbonyl (C=O) groups excluding carboxylic acids is 1. The Balaban J connectivity index is 1.89. The molecule has 0 unspecified atom stereocenters.